The average Bonchev–Trinajstić information content (AvgIpc) is 3.46. The second kappa shape index (κ2) is 8.82. The van der Waals surface area contributed by atoms with Crippen LogP contribution in [0.25, 0.3) is 11.0 Å². The van der Waals surface area contributed by atoms with Crippen molar-refractivity contribution in [3.8, 4) is 5.75 Å². The van der Waals surface area contributed by atoms with Gasteiger partial charge in [-0.25, -0.2) is 0 Å². The van der Waals surface area contributed by atoms with Crippen molar-refractivity contribution in [3.05, 3.63) is 65.4 Å². The van der Waals surface area contributed by atoms with Crippen LogP contribution in [0.5, 0.6) is 5.75 Å². The highest BCUT2D eigenvalue weighted by molar-refractivity contribution is 6.04. The van der Waals surface area contributed by atoms with Gasteiger partial charge in [-0.3, -0.25) is 9.59 Å². The quantitative estimate of drug-likeness (QED) is 0.553. The monoisotopic (exact) mass is 460 g/mol. The van der Waals surface area contributed by atoms with Crippen LogP contribution in [0.2, 0.25) is 0 Å². The zero-order chi connectivity index (χ0) is 23.9. The zero-order valence-electron chi connectivity index (χ0n) is 20.1. The first-order valence-corrected chi connectivity index (χ1v) is 12.2. The predicted octanol–water partition coefficient (Wildman–Crippen LogP) is 5.41. The maximum atomic E-state index is 13.9. The molecule has 2 aliphatic rings. The summed E-state index contributed by atoms with van der Waals surface area (Å²) in [7, 11) is 0. The molecule has 1 aliphatic heterocycles. The Morgan fingerprint density at radius 3 is 2.53 bits per heavy atom. The first kappa shape index (κ1) is 22.5. The molecule has 1 fully saturated rings. The molecule has 1 atom stereocenters. The second-order valence-corrected chi connectivity index (χ2v) is 10.1. The highest BCUT2D eigenvalue weighted by atomic mass is 16.5. The number of carbonyl (C=O) groups excluding carboxylic acids is 2. The molecule has 0 saturated heterocycles. The number of furan rings is 1. The van der Waals surface area contributed by atoms with Crippen LogP contribution in [-0.4, -0.2) is 34.9 Å². The number of benzene rings is 2. The fourth-order valence-corrected chi connectivity index (χ4v) is 4.98. The van der Waals surface area contributed by atoms with Gasteiger partial charge in [0.15, 0.2) is 11.3 Å². The molecule has 1 aliphatic carbocycles. The maximum Gasteiger partial charge on any atom is 0.294 e. The summed E-state index contributed by atoms with van der Waals surface area (Å²) in [6.07, 6.45) is 4.17. The molecule has 2 amide bonds. The van der Waals surface area contributed by atoms with Crippen molar-refractivity contribution < 1.29 is 18.7 Å². The van der Waals surface area contributed by atoms with Crippen molar-refractivity contribution in [1.82, 2.24) is 10.2 Å². The number of ether oxygens (including phenoxy) is 1. The van der Waals surface area contributed by atoms with Gasteiger partial charge in [0.25, 0.3) is 5.91 Å². The summed E-state index contributed by atoms with van der Waals surface area (Å²) in [4.78, 5) is 29.2. The summed E-state index contributed by atoms with van der Waals surface area (Å²) in [5.41, 5.74) is 1.60. The van der Waals surface area contributed by atoms with E-state index in [9.17, 15) is 9.59 Å². The SMILES string of the molecule is CC(C)c1ccc(CN2C(=O)c3oc4ccccc4c3OCC2(C)C(=O)NC2CCCC2)cc1. The molecule has 0 bridgehead atoms. The Morgan fingerprint density at radius 2 is 1.82 bits per heavy atom. The molecule has 1 N–H and O–H groups in total. The molecule has 6 nitrogen and oxygen atoms in total. The molecule has 2 aromatic carbocycles. The van der Waals surface area contributed by atoms with Gasteiger partial charge in [0.1, 0.15) is 12.2 Å². The summed E-state index contributed by atoms with van der Waals surface area (Å²) < 4.78 is 12.1. The van der Waals surface area contributed by atoms with Crippen LogP contribution in [0.15, 0.2) is 52.9 Å². The lowest BCUT2D eigenvalue weighted by atomic mass is 9.96. The molecule has 34 heavy (non-hydrogen) atoms. The van der Waals surface area contributed by atoms with Gasteiger partial charge < -0.3 is 19.4 Å². The Bertz CT molecular complexity index is 1210. The average molecular weight is 461 g/mol. The standard InChI is InChI=1S/C28H32N2O4/c1-18(2)20-14-12-19(13-15-20)16-30-26(31)25-24(22-10-6-7-11-23(22)34-25)33-17-28(30,3)27(32)29-21-8-4-5-9-21/h6-7,10-15,18,21H,4-5,8-9,16-17H2,1-3H3,(H,29,32). The van der Waals surface area contributed by atoms with E-state index in [1.807, 2.05) is 36.4 Å². The molecule has 178 valence electrons. The molecule has 1 unspecified atom stereocenters. The van der Waals surface area contributed by atoms with Gasteiger partial charge in [-0.2, -0.15) is 0 Å². The lowest BCUT2D eigenvalue weighted by Gasteiger charge is -2.38. The second-order valence-electron chi connectivity index (χ2n) is 10.1. The number of rotatable bonds is 5. The lowest BCUT2D eigenvalue weighted by Crippen LogP contribution is -2.62. The number of hydrogen-bond donors (Lipinski definition) is 1. The molecule has 2 heterocycles. The van der Waals surface area contributed by atoms with Gasteiger partial charge in [-0.1, -0.05) is 63.1 Å². The topological polar surface area (TPSA) is 71.8 Å². The van der Waals surface area contributed by atoms with Gasteiger partial charge in [0.2, 0.25) is 11.7 Å². The van der Waals surface area contributed by atoms with Crippen molar-refractivity contribution in [3.63, 3.8) is 0 Å². The summed E-state index contributed by atoms with van der Waals surface area (Å²) in [6.45, 7) is 6.44. The van der Waals surface area contributed by atoms with Crippen LogP contribution in [0, 0.1) is 0 Å². The normalized spacial score (nSPS) is 20.9. The third kappa shape index (κ3) is 3.95. The van der Waals surface area contributed by atoms with E-state index in [2.05, 4.69) is 31.3 Å². The smallest absolute Gasteiger partial charge is 0.294 e. The van der Waals surface area contributed by atoms with Crippen LogP contribution >= 0.6 is 0 Å². The fourth-order valence-electron chi connectivity index (χ4n) is 4.98. The number of para-hydroxylation sites is 1. The number of hydrogen-bond acceptors (Lipinski definition) is 4. The zero-order valence-corrected chi connectivity index (χ0v) is 20.1. The van der Waals surface area contributed by atoms with Gasteiger partial charge >= 0.3 is 0 Å². The van der Waals surface area contributed by atoms with E-state index in [0.29, 0.717) is 17.3 Å². The first-order valence-electron chi connectivity index (χ1n) is 12.2. The van der Waals surface area contributed by atoms with E-state index in [1.54, 1.807) is 11.8 Å². The van der Waals surface area contributed by atoms with Crippen LogP contribution in [0.1, 0.15) is 74.1 Å². The number of nitrogens with one attached hydrogen (secondary N) is 1. The van der Waals surface area contributed by atoms with Crippen LogP contribution < -0.4 is 10.1 Å². The molecule has 0 radical (unpaired) electrons. The van der Waals surface area contributed by atoms with Gasteiger partial charge in [-0.05, 0) is 48.9 Å². The fraction of sp³-hybridized carbons (Fsp3) is 0.429. The number of carbonyl (C=O) groups is 2. The molecule has 6 heteroatoms. The van der Waals surface area contributed by atoms with Crippen LogP contribution in [0.4, 0.5) is 0 Å². The van der Waals surface area contributed by atoms with E-state index in [0.717, 1.165) is 36.6 Å². The van der Waals surface area contributed by atoms with E-state index in [-0.39, 0.29) is 36.8 Å². The molecule has 3 aromatic rings. The van der Waals surface area contributed by atoms with Crippen molar-refractivity contribution in [2.24, 2.45) is 0 Å². The highest BCUT2D eigenvalue weighted by Crippen LogP contribution is 2.39. The Labute approximate surface area is 200 Å². The summed E-state index contributed by atoms with van der Waals surface area (Å²) in [5, 5.41) is 3.93. The molecule has 5 rings (SSSR count). The van der Waals surface area contributed by atoms with Gasteiger partial charge in [0, 0.05) is 12.6 Å². The maximum absolute atomic E-state index is 13.9. The van der Waals surface area contributed by atoms with Crippen molar-refractivity contribution in [2.75, 3.05) is 6.61 Å². The third-order valence-corrected chi connectivity index (χ3v) is 7.25. The Kier molecular flexibility index (Phi) is 5.84. The van der Waals surface area contributed by atoms with E-state index < -0.39 is 5.54 Å². The minimum absolute atomic E-state index is 0.0535. The molecule has 0 spiro atoms. The summed E-state index contributed by atoms with van der Waals surface area (Å²) >= 11 is 0. The van der Waals surface area contributed by atoms with Gasteiger partial charge in [0.05, 0.1) is 5.39 Å². The van der Waals surface area contributed by atoms with E-state index in [1.165, 1.54) is 5.56 Å². The first-order chi connectivity index (χ1) is 16.4. The Balaban J connectivity index is 1.53. The van der Waals surface area contributed by atoms with Crippen LogP contribution in [0.3, 0.4) is 0 Å². The minimum atomic E-state index is -1.18. The summed E-state index contributed by atoms with van der Waals surface area (Å²) in [6, 6.07) is 15.8. The molecular formula is C28H32N2O4. The van der Waals surface area contributed by atoms with E-state index in [4.69, 9.17) is 9.15 Å². The number of fused-ring (bicyclic) bond motifs is 3. The van der Waals surface area contributed by atoms with Crippen molar-refractivity contribution in [2.45, 2.75) is 70.5 Å². The lowest BCUT2D eigenvalue weighted by molar-refractivity contribution is -0.133. The Morgan fingerprint density at radius 1 is 1.12 bits per heavy atom. The van der Waals surface area contributed by atoms with E-state index >= 15 is 0 Å². The Hall–Kier alpha value is -3.28. The number of nitrogens with zero attached hydrogens (tertiary/aromatic N) is 1. The largest absolute Gasteiger partial charge is 0.486 e. The summed E-state index contributed by atoms with van der Waals surface area (Å²) in [5.74, 6) is 0.472. The highest BCUT2D eigenvalue weighted by Gasteiger charge is 2.48. The van der Waals surface area contributed by atoms with Gasteiger partial charge in [-0.15, -0.1) is 0 Å². The van der Waals surface area contributed by atoms with Crippen LogP contribution in [-0.2, 0) is 11.3 Å². The third-order valence-electron chi connectivity index (χ3n) is 7.25. The van der Waals surface area contributed by atoms with Crippen molar-refractivity contribution in [1.29, 1.82) is 0 Å². The predicted molar refractivity (Wildman–Crippen MR) is 131 cm³/mol. The molecular weight excluding hydrogens is 428 g/mol. The number of amides is 2. The molecule has 1 saturated carbocycles. The van der Waals surface area contributed by atoms with Crippen molar-refractivity contribution >= 4 is 22.8 Å². The molecule has 1 aromatic heterocycles. The minimum Gasteiger partial charge on any atom is -0.486 e.